The van der Waals surface area contributed by atoms with Gasteiger partial charge in [0.15, 0.2) is 0 Å². The number of nitrogens with zero attached hydrogens (tertiary/aromatic N) is 2. The molecule has 1 N–H and O–H groups in total. The van der Waals surface area contributed by atoms with Crippen LogP contribution in [0.4, 0.5) is 0 Å². The molecular weight excluding hydrogens is 310 g/mol. The summed E-state index contributed by atoms with van der Waals surface area (Å²) in [6.45, 7) is 8.34. The summed E-state index contributed by atoms with van der Waals surface area (Å²) >= 11 is 0. The number of likely N-dealkylation sites (N-methyl/N-ethyl adjacent to an activating group) is 1. The van der Waals surface area contributed by atoms with Crippen LogP contribution < -0.4 is 5.32 Å². The number of likely N-dealkylation sites (tertiary alicyclic amines) is 1. The number of carbonyl (C=O) groups is 1. The van der Waals surface area contributed by atoms with Gasteiger partial charge in [0.1, 0.15) is 0 Å². The highest BCUT2D eigenvalue weighted by Gasteiger charge is 2.29. The van der Waals surface area contributed by atoms with Crippen molar-refractivity contribution in [1.29, 1.82) is 0 Å². The zero-order chi connectivity index (χ0) is 18.1. The Kier molecular flexibility index (Phi) is 7.97. The molecule has 1 aromatic carbocycles. The lowest BCUT2D eigenvalue weighted by atomic mass is 10.0. The van der Waals surface area contributed by atoms with Crippen LogP contribution in [0, 0.1) is 12.3 Å². The quantitative estimate of drug-likeness (QED) is 0.739. The van der Waals surface area contributed by atoms with Gasteiger partial charge < -0.3 is 5.32 Å². The van der Waals surface area contributed by atoms with Gasteiger partial charge in [-0.1, -0.05) is 56.5 Å². The molecule has 0 saturated carbocycles. The van der Waals surface area contributed by atoms with Gasteiger partial charge in [0.25, 0.3) is 0 Å². The number of hydrogen-bond acceptors (Lipinski definition) is 3. The fourth-order valence-corrected chi connectivity index (χ4v) is 3.71. The maximum absolute atomic E-state index is 12.8. The smallest absolute Gasteiger partial charge is 0.237 e. The minimum atomic E-state index is -0.0853. The first-order valence-corrected chi connectivity index (χ1v) is 9.45. The number of hydrogen-bond donors (Lipinski definition) is 1. The Labute approximate surface area is 152 Å². The lowest BCUT2D eigenvalue weighted by molar-refractivity contribution is -0.127. The van der Waals surface area contributed by atoms with Gasteiger partial charge in [0.2, 0.25) is 5.91 Å². The van der Waals surface area contributed by atoms with Crippen LogP contribution in [0.15, 0.2) is 30.3 Å². The number of nitrogens with one attached hydrogen (secondary N) is 1. The van der Waals surface area contributed by atoms with E-state index in [9.17, 15) is 4.79 Å². The highest BCUT2D eigenvalue weighted by atomic mass is 16.2. The first kappa shape index (κ1) is 19.5. The number of amides is 1. The molecule has 1 aromatic rings. The molecule has 1 heterocycles. The summed E-state index contributed by atoms with van der Waals surface area (Å²) in [6, 6.07) is 10.5. The van der Waals surface area contributed by atoms with Crippen molar-refractivity contribution in [2.24, 2.45) is 0 Å². The third-order valence-electron chi connectivity index (χ3n) is 5.12. The van der Waals surface area contributed by atoms with E-state index in [4.69, 9.17) is 6.42 Å². The highest BCUT2D eigenvalue weighted by molar-refractivity contribution is 5.81. The number of terminal acetylenes is 1. The van der Waals surface area contributed by atoms with Crippen molar-refractivity contribution in [2.45, 2.75) is 45.2 Å². The molecule has 0 spiro atoms. The van der Waals surface area contributed by atoms with Crippen LogP contribution in [-0.2, 0) is 4.79 Å². The second kappa shape index (κ2) is 10.2. The molecule has 4 heteroatoms. The Hall–Kier alpha value is -1.83. The SMILES string of the molecule is C#CCN1CCCCC1C(=O)NCC(c1ccccc1)N(CC)CC. The van der Waals surface area contributed by atoms with Gasteiger partial charge in [0, 0.05) is 6.54 Å². The predicted octanol–water partition coefficient (Wildman–Crippen LogP) is 2.67. The lowest BCUT2D eigenvalue weighted by Gasteiger charge is -2.35. The van der Waals surface area contributed by atoms with Crippen LogP contribution in [0.25, 0.3) is 0 Å². The van der Waals surface area contributed by atoms with Gasteiger partial charge in [-0.05, 0) is 38.0 Å². The zero-order valence-electron chi connectivity index (χ0n) is 15.6. The van der Waals surface area contributed by atoms with E-state index < -0.39 is 0 Å². The van der Waals surface area contributed by atoms with Crippen molar-refractivity contribution in [3.05, 3.63) is 35.9 Å². The molecule has 4 nitrogen and oxygen atoms in total. The largest absolute Gasteiger partial charge is 0.353 e. The van der Waals surface area contributed by atoms with Gasteiger partial charge in [-0.3, -0.25) is 14.6 Å². The number of rotatable bonds is 8. The van der Waals surface area contributed by atoms with Crippen molar-refractivity contribution >= 4 is 5.91 Å². The minimum absolute atomic E-state index is 0.0853. The van der Waals surface area contributed by atoms with Gasteiger partial charge in [-0.15, -0.1) is 6.42 Å². The molecule has 1 fully saturated rings. The molecule has 1 aliphatic rings. The zero-order valence-corrected chi connectivity index (χ0v) is 15.6. The van der Waals surface area contributed by atoms with Crippen molar-refractivity contribution in [3.63, 3.8) is 0 Å². The normalized spacial score (nSPS) is 19.4. The van der Waals surface area contributed by atoms with Gasteiger partial charge in [0.05, 0.1) is 18.6 Å². The Bertz CT molecular complexity index is 562. The highest BCUT2D eigenvalue weighted by Crippen LogP contribution is 2.21. The van der Waals surface area contributed by atoms with Gasteiger partial charge in [-0.25, -0.2) is 0 Å². The van der Waals surface area contributed by atoms with Crippen LogP contribution in [0.5, 0.6) is 0 Å². The molecule has 2 unspecified atom stereocenters. The molecule has 0 bridgehead atoms. The molecule has 0 aliphatic carbocycles. The van der Waals surface area contributed by atoms with E-state index in [1.54, 1.807) is 0 Å². The molecule has 0 aromatic heterocycles. The fraction of sp³-hybridized carbons (Fsp3) is 0.571. The lowest BCUT2D eigenvalue weighted by Crippen LogP contribution is -2.51. The first-order valence-electron chi connectivity index (χ1n) is 9.45. The maximum atomic E-state index is 12.8. The van der Waals surface area contributed by atoms with E-state index in [2.05, 4.69) is 59.1 Å². The molecule has 25 heavy (non-hydrogen) atoms. The van der Waals surface area contributed by atoms with Gasteiger partial charge >= 0.3 is 0 Å². The average molecular weight is 341 g/mol. The molecule has 0 radical (unpaired) electrons. The molecule has 2 rings (SSSR count). The standard InChI is InChI=1S/C21H31N3O/c1-4-15-24-16-11-10-14-19(24)21(25)22-17-20(23(5-2)6-3)18-12-8-7-9-13-18/h1,7-9,12-13,19-20H,5-6,10-11,14-17H2,2-3H3,(H,22,25). The second-order valence-electron chi connectivity index (χ2n) is 6.58. The minimum Gasteiger partial charge on any atom is -0.353 e. The first-order chi connectivity index (χ1) is 12.2. The molecule has 1 amide bonds. The Morgan fingerprint density at radius 3 is 2.68 bits per heavy atom. The predicted molar refractivity (Wildman–Crippen MR) is 103 cm³/mol. The maximum Gasteiger partial charge on any atom is 0.237 e. The number of carbonyl (C=O) groups excluding carboxylic acids is 1. The van der Waals surface area contributed by atoms with E-state index in [-0.39, 0.29) is 18.0 Å². The van der Waals surface area contributed by atoms with E-state index in [1.807, 2.05) is 6.07 Å². The van der Waals surface area contributed by atoms with E-state index in [0.717, 1.165) is 38.9 Å². The second-order valence-corrected chi connectivity index (χ2v) is 6.58. The topological polar surface area (TPSA) is 35.6 Å². The molecule has 1 saturated heterocycles. The molecule has 136 valence electrons. The third kappa shape index (κ3) is 5.32. The van der Waals surface area contributed by atoms with Crippen molar-refractivity contribution in [2.75, 3.05) is 32.7 Å². The van der Waals surface area contributed by atoms with Crippen LogP contribution in [0.3, 0.4) is 0 Å². The van der Waals surface area contributed by atoms with E-state index in [1.165, 1.54) is 5.56 Å². The Morgan fingerprint density at radius 1 is 1.32 bits per heavy atom. The summed E-state index contributed by atoms with van der Waals surface area (Å²) in [5.41, 5.74) is 1.25. The summed E-state index contributed by atoms with van der Waals surface area (Å²) in [4.78, 5) is 17.3. The summed E-state index contributed by atoms with van der Waals surface area (Å²) in [6.07, 6.45) is 8.58. The molecule has 2 atom stereocenters. The van der Waals surface area contributed by atoms with Crippen molar-refractivity contribution < 1.29 is 4.79 Å². The van der Waals surface area contributed by atoms with Crippen LogP contribution >= 0.6 is 0 Å². The summed E-state index contributed by atoms with van der Waals surface area (Å²) in [5, 5.41) is 3.20. The third-order valence-corrected chi connectivity index (χ3v) is 5.12. The monoisotopic (exact) mass is 341 g/mol. The van der Waals surface area contributed by atoms with E-state index >= 15 is 0 Å². The summed E-state index contributed by atoms with van der Waals surface area (Å²) in [7, 11) is 0. The van der Waals surface area contributed by atoms with Gasteiger partial charge in [-0.2, -0.15) is 0 Å². The summed E-state index contributed by atoms with van der Waals surface area (Å²) < 4.78 is 0. The molecule has 1 aliphatic heterocycles. The summed E-state index contributed by atoms with van der Waals surface area (Å²) in [5.74, 6) is 2.80. The van der Waals surface area contributed by atoms with Crippen molar-refractivity contribution in [1.82, 2.24) is 15.1 Å². The number of benzene rings is 1. The van der Waals surface area contributed by atoms with Crippen molar-refractivity contribution in [3.8, 4) is 12.3 Å². The average Bonchev–Trinajstić information content (AvgIpc) is 2.66. The van der Waals surface area contributed by atoms with Crippen LogP contribution in [-0.4, -0.2) is 54.5 Å². The number of piperidine rings is 1. The van der Waals surface area contributed by atoms with Crippen LogP contribution in [0.2, 0.25) is 0 Å². The Balaban J connectivity index is 2.04. The van der Waals surface area contributed by atoms with Crippen LogP contribution in [0.1, 0.15) is 44.7 Å². The van der Waals surface area contributed by atoms with E-state index in [0.29, 0.717) is 13.1 Å². The Morgan fingerprint density at radius 2 is 2.04 bits per heavy atom. The fourth-order valence-electron chi connectivity index (χ4n) is 3.71. The molecular formula is C21H31N3O.